The van der Waals surface area contributed by atoms with Crippen LogP contribution in [-0.4, -0.2) is 18.4 Å². The summed E-state index contributed by atoms with van der Waals surface area (Å²) in [5, 5.41) is 0.437. The average molecular weight is 377 g/mol. The fourth-order valence-electron chi connectivity index (χ4n) is 1.59. The van der Waals surface area contributed by atoms with Gasteiger partial charge in [0.05, 0.1) is 9.92 Å². The number of anilines is 1. The van der Waals surface area contributed by atoms with Crippen LogP contribution in [0.2, 0.25) is 5.02 Å². The lowest BCUT2D eigenvalue weighted by molar-refractivity contribution is 0.600. The Morgan fingerprint density at radius 2 is 1.75 bits per heavy atom. The predicted molar refractivity (Wildman–Crippen MR) is 81.5 cm³/mol. The normalized spacial score (nSPS) is 11.4. The molecule has 0 fully saturated rings. The summed E-state index contributed by atoms with van der Waals surface area (Å²) in [5.41, 5.74) is 1.37. The lowest BCUT2D eigenvalue weighted by Gasteiger charge is -2.08. The van der Waals surface area contributed by atoms with Gasteiger partial charge >= 0.3 is 0 Å². The minimum Gasteiger partial charge on any atom is -0.247 e. The van der Waals surface area contributed by atoms with E-state index in [0.29, 0.717) is 20.9 Å². The summed E-state index contributed by atoms with van der Waals surface area (Å²) < 4.78 is 27.3. The standard InChI is InChI=1S/C12H11BrClN3O2S/c1-7-5-8(2)16-12(15-7)17-20(18,19)9-3-4-11(14)10(13)6-9/h3-6H,1-2H3,(H,15,16,17). The molecule has 2 aromatic rings. The van der Waals surface area contributed by atoms with Gasteiger partial charge in [0.25, 0.3) is 10.0 Å². The van der Waals surface area contributed by atoms with Crippen molar-refractivity contribution < 1.29 is 8.42 Å². The van der Waals surface area contributed by atoms with Crippen molar-refractivity contribution in [2.24, 2.45) is 0 Å². The van der Waals surface area contributed by atoms with E-state index in [1.54, 1.807) is 19.9 Å². The first kappa shape index (κ1) is 15.2. The van der Waals surface area contributed by atoms with Gasteiger partial charge < -0.3 is 0 Å². The van der Waals surface area contributed by atoms with Gasteiger partial charge in [-0.1, -0.05) is 11.6 Å². The number of hydrogen-bond donors (Lipinski definition) is 1. The maximum absolute atomic E-state index is 12.2. The van der Waals surface area contributed by atoms with E-state index in [2.05, 4.69) is 30.6 Å². The lowest BCUT2D eigenvalue weighted by atomic mass is 10.4. The third-order valence-corrected chi connectivity index (χ3v) is 4.95. The Hall–Kier alpha value is -1.18. The molecular weight excluding hydrogens is 366 g/mol. The quantitative estimate of drug-likeness (QED) is 0.892. The Morgan fingerprint density at radius 3 is 2.30 bits per heavy atom. The molecule has 0 spiro atoms. The zero-order valence-electron chi connectivity index (χ0n) is 10.7. The van der Waals surface area contributed by atoms with Gasteiger partial charge in [-0.15, -0.1) is 0 Å². The summed E-state index contributed by atoms with van der Waals surface area (Å²) in [6.07, 6.45) is 0. The number of hydrogen-bond acceptors (Lipinski definition) is 4. The number of halogens is 2. The van der Waals surface area contributed by atoms with Crippen LogP contribution in [0.1, 0.15) is 11.4 Å². The number of nitrogens with zero attached hydrogens (tertiary/aromatic N) is 2. The number of aryl methyl sites for hydroxylation is 2. The summed E-state index contributed by atoms with van der Waals surface area (Å²) in [7, 11) is -3.75. The molecule has 0 aliphatic rings. The van der Waals surface area contributed by atoms with Gasteiger partial charge in [-0.05, 0) is 54.0 Å². The van der Waals surface area contributed by atoms with Crippen LogP contribution in [0.4, 0.5) is 5.95 Å². The molecule has 20 heavy (non-hydrogen) atoms. The highest BCUT2D eigenvalue weighted by molar-refractivity contribution is 9.10. The van der Waals surface area contributed by atoms with E-state index < -0.39 is 10.0 Å². The third kappa shape index (κ3) is 3.47. The second-order valence-electron chi connectivity index (χ2n) is 4.16. The number of benzene rings is 1. The predicted octanol–water partition coefficient (Wildman–Crippen LogP) is 3.31. The average Bonchev–Trinajstić information content (AvgIpc) is 2.30. The molecule has 5 nitrogen and oxygen atoms in total. The maximum atomic E-state index is 12.2. The Kier molecular flexibility index (Phi) is 4.31. The molecule has 0 radical (unpaired) electrons. The Labute approximate surface area is 130 Å². The van der Waals surface area contributed by atoms with Gasteiger partial charge in [-0.3, -0.25) is 0 Å². The van der Waals surface area contributed by atoms with Crippen molar-refractivity contribution in [3.8, 4) is 0 Å². The molecule has 0 amide bonds. The van der Waals surface area contributed by atoms with E-state index in [0.717, 1.165) is 0 Å². The van der Waals surface area contributed by atoms with Crippen LogP contribution in [-0.2, 0) is 10.0 Å². The molecule has 1 N–H and O–H groups in total. The summed E-state index contributed by atoms with van der Waals surface area (Å²) in [6, 6.07) is 6.10. The van der Waals surface area contributed by atoms with Crippen molar-refractivity contribution in [3.63, 3.8) is 0 Å². The first-order chi connectivity index (χ1) is 9.28. The van der Waals surface area contributed by atoms with Gasteiger partial charge in [0, 0.05) is 15.9 Å². The van der Waals surface area contributed by atoms with E-state index in [1.165, 1.54) is 18.2 Å². The van der Waals surface area contributed by atoms with Crippen molar-refractivity contribution in [1.29, 1.82) is 0 Å². The minimum absolute atomic E-state index is 0.0496. The van der Waals surface area contributed by atoms with Crippen LogP contribution in [0.15, 0.2) is 33.6 Å². The zero-order valence-corrected chi connectivity index (χ0v) is 13.8. The molecule has 1 aromatic heterocycles. The zero-order chi connectivity index (χ0) is 14.9. The second-order valence-corrected chi connectivity index (χ2v) is 7.10. The van der Waals surface area contributed by atoms with Gasteiger partial charge in [0.1, 0.15) is 0 Å². The monoisotopic (exact) mass is 375 g/mol. The van der Waals surface area contributed by atoms with Crippen LogP contribution >= 0.6 is 27.5 Å². The number of aromatic nitrogens is 2. The maximum Gasteiger partial charge on any atom is 0.264 e. The number of nitrogens with one attached hydrogen (secondary N) is 1. The topological polar surface area (TPSA) is 72.0 Å². The van der Waals surface area contributed by atoms with Crippen LogP contribution in [0, 0.1) is 13.8 Å². The molecule has 0 saturated carbocycles. The van der Waals surface area contributed by atoms with E-state index in [-0.39, 0.29) is 10.8 Å². The molecule has 1 heterocycles. The smallest absolute Gasteiger partial charge is 0.247 e. The number of sulfonamides is 1. The molecule has 0 aliphatic carbocycles. The van der Waals surface area contributed by atoms with Crippen LogP contribution < -0.4 is 4.72 Å². The van der Waals surface area contributed by atoms with Crippen molar-refractivity contribution >= 4 is 43.5 Å². The summed E-state index contributed by atoms with van der Waals surface area (Å²) >= 11 is 9.04. The van der Waals surface area contributed by atoms with Gasteiger partial charge in [-0.25, -0.2) is 23.1 Å². The van der Waals surface area contributed by atoms with Gasteiger partial charge in [0.2, 0.25) is 5.95 Å². The highest BCUT2D eigenvalue weighted by Gasteiger charge is 2.17. The molecule has 0 saturated heterocycles. The van der Waals surface area contributed by atoms with E-state index >= 15 is 0 Å². The lowest BCUT2D eigenvalue weighted by Crippen LogP contribution is -2.15. The fourth-order valence-corrected chi connectivity index (χ4v) is 3.21. The van der Waals surface area contributed by atoms with Crippen molar-refractivity contribution in [1.82, 2.24) is 9.97 Å². The van der Waals surface area contributed by atoms with Crippen LogP contribution in [0.25, 0.3) is 0 Å². The van der Waals surface area contributed by atoms with Crippen molar-refractivity contribution in [3.05, 3.63) is 45.1 Å². The van der Waals surface area contributed by atoms with Crippen LogP contribution in [0.3, 0.4) is 0 Å². The highest BCUT2D eigenvalue weighted by Crippen LogP contribution is 2.26. The Morgan fingerprint density at radius 1 is 1.15 bits per heavy atom. The van der Waals surface area contributed by atoms with Crippen molar-refractivity contribution in [2.75, 3.05) is 4.72 Å². The summed E-state index contributed by atoms with van der Waals surface area (Å²) in [5.74, 6) is 0.0496. The van der Waals surface area contributed by atoms with E-state index in [4.69, 9.17) is 11.6 Å². The molecular formula is C12H11BrClN3O2S. The number of rotatable bonds is 3. The highest BCUT2D eigenvalue weighted by atomic mass is 79.9. The first-order valence-corrected chi connectivity index (χ1v) is 8.23. The molecule has 0 bridgehead atoms. The van der Waals surface area contributed by atoms with Gasteiger partial charge in [-0.2, -0.15) is 0 Å². The molecule has 2 rings (SSSR count). The third-order valence-electron chi connectivity index (χ3n) is 2.41. The first-order valence-electron chi connectivity index (χ1n) is 5.58. The largest absolute Gasteiger partial charge is 0.264 e. The fraction of sp³-hybridized carbons (Fsp3) is 0.167. The second kappa shape index (κ2) is 5.67. The minimum atomic E-state index is -3.75. The molecule has 106 valence electrons. The Bertz CT molecular complexity index is 745. The Balaban J connectivity index is 2.37. The molecule has 8 heteroatoms. The van der Waals surface area contributed by atoms with E-state index in [9.17, 15) is 8.42 Å². The molecule has 0 aliphatic heterocycles. The summed E-state index contributed by atoms with van der Waals surface area (Å²) in [4.78, 5) is 8.17. The molecule has 1 aromatic carbocycles. The van der Waals surface area contributed by atoms with E-state index in [1.807, 2.05) is 0 Å². The van der Waals surface area contributed by atoms with Crippen LogP contribution in [0.5, 0.6) is 0 Å². The molecule has 0 unspecified atom stereocenters. The SMILES string of the molecule is Cc1cc(C)nc(NS(=O)(=O)c2ccc(Cl)c(Br)c2)n1. The van der Waals surface area contributed by atoms with Gasteiger partial charge in [0.15, 0.2) is 0 Å². The van der Waals surface area contributed by atoms with Crippen molar-refractivity contribution in [2.45, 2.75) is 18.7 Å². The molecule has 0 atom stereocenters. The summed E-state index contributed by atoms with van der Waals surface area (Å²) in [6.45, 7) is 3.54.